The van der Waals surface area contributed by atoms with Gasteiger partial charge in [-0.15, -0.1) is 35.2 Å². The first kappa shape index (κ1) is 30.6. The van der Waals surface area contributed by atoms with Gasteiger partial charge in [0.05, 0.1) is 0 Å². The van der Waals surface area contributed by atoms with Crippen LogP contribution in [0.1, 0.15) is 83.1 Å². The third-order valence-electron chi connectivity index (χ3n) is 7.91. The Labute approximate surface area is 268 Å². The number of hydrogen-bond donors (Lipinski definition) is 0. The molecule has 3 aliphatic carbocycles. The van der Waals surface area contributed by atoms with Crippen LogP contribution < -0.4 is 0 Å². The van der Waals surface area contributed by atoms with Gasteiger partial charge in [-0.3, -0.25) is 6.08 Å². The molecule has 0 atom stereocenters. The van der Waals surface area contributed by atoms with Crippen LogP contribution in [0.15, 0.2) is 97.1 Å². The number of rotatable bonds is 2. The van der Waals surface area contributed by atoms with Crippen LogP contribution >= 0.6 is 0 Å². The Morgan fingerprint density at radius 2 is 1.24 bits per heavy atom. The average Bonchev–Trinajstić information content (AvgIpc) is 3.39. The van der Waals surface area contributed by atoms with Crippen molar-refractivity contribution in [1.82, 2.24) is 0 Å². The van der Waals surface area contributed by atoms with Gasteiger partial charge < -0.3 is 0 Å². The molecule has 0 spiro atoms. The van der Waals surface area contributed by atoms with E-state index in [0.717, 1.165) is 12.8 Å². The molecule has 1 saturated carbocycles. The van der Waals surface area contributed by atoms with E-state index < -0.39 is 0 Å². The van der Waals surface area contributed by atoms with E-state index in [9.17, 15) is 0 Å². The second-order valence-corrected chi connectivity index (χ2v) is 15.3. The fourth-order valence-electron chi connectivity index (χ4n) is 5.50. The van der Waals surface area contributed by atoms with Crippen molar-refractivity contribution in [2.24, 2.45) is 0 Å². The van der Waals surface area contributed by atoms with Crippen molar-refractivity contribution >= 4 is 3.21 Å². The van der Waals surface area contributed by atoms with Crippen LogP contribution in [0, 0.1) is 12.1 Å². The molecule has 0 unspecified atom stereocenters. The predicted octanol–water partition coefficient (Wildman–Crippen LogP) is 10.8. The first-order valence-electron chi connectivity index (χ1n) is 15.2. The molecule has 0 nitrogen and oxygen atoms in total. The Bertz CT molecular complexity index is 1500. The number of benzene rings is 4. The van der Waals surface area contributed by atoms with Gasteiger partial charge in [0.25, 0.3) is 0 Å². The van der Waals surface area contributed by atoms with E-state index in [4.69, 9.17) is 0 Å². The van der Waals surface area contributed by atoms with Gasteiger partial charge in [-0.05, 0) is 39.5 Å². The fraction of sp³-hybridized carbons (Fsp3) is 0.293. The van der Waals surface area contributed by atoms with Crippen molar-refractivity contribution < 1.29 is 24.2 Å². The molecule has 0 N–H and O–H groups in total. The number of fused-ring (bicyclic) bond motifs is 3. The summed E-state index contributed by atoms with van der Waals surface area (Å²) in [6.07, 6.45) is 13.8. The Balaban J connectivity index is 0.000000334. The Morgan fingerprint density at radius 1 is 0.667 bits per heavy atom. The van der Waals surface area contributed by atoms with Gasteiger partial charge in [-0.1, -0.05) is 131 Å². The zero-order valence-corrected chi connectivity index (χ0v) is 28.5. The van der Waals surface area contributed by atoms with Gasteiger partial charge in [0.15, 0.2) is 0 Å². The fourth-order valence-corrected chi connectivity index (χ4v) is 5.81. The minimum atomic E-state index is 0.0380. The molecule has 7 rings (SSSR count). The third-order valence-corrected chi connectivity index (χ3v) is 9.14. The quantitative estimate of drug-likeness (QED) is 0.171. The predicted molar refractivity (Wildman–Crippen MR) is 178 cm³/mol. The summed E-state index contributed by atoms with van der Waals surface area (Å²) in [5.74, 6) is 0. The Kier molecular flexibility index (Phi) is 9.29. The third kappa shape index (κ3) is 7.36. The summed E-state index contributed by atoms with van der Waals surface area (Å²) in [4.78, 5) is 0. The molecule has 0 radical (unpaired) electrons. The van der Waals surface area contributed by atoms with Crippen molar-refractivity contribution in [3.8, 4) is 33.4 Å². The molecule has 0 saturated heterocycles. The summed E-state index contributed by atoms with van der Waals surface area (Å²) < 4.78 is 1.76. The molecular formula is C41H42Zr. The van der Waals surface area contributed by atoms with Gasteiger partial charge in [-0.25, -0.2) is 12.2 Å². The molecule has 3 aliphatic rings. The molecule has 0 amide bonds. The van der Waals surface area contributed by atoms with E-state index in [1.807, 2.05) is 12.2 Å². The molecule has 1 fully saturated rings. The zero-order valence-electron chi connectivity index (χ0n) is 26.1. The second-order valence-electron chi connectivity index (χ2n) is 13.5. The summed E-state index contributed by atoms with van der Waals surface area (Å²) in [6, 6.07) is 32.8. The number of hydrogen-bond acceptors (Lipinski definition) is 0. The average molecular weight is 626 g/mol. The monoisotopic (exact) mass is 624 g/mol. The summed E-state index contributed by atoms with van der Waals surface area (Å²) in [5, 5.41) is 0. The molecule has 0 bridgehead atoms. The van der Waals surface area contributed by atoms with E-state index in [-0.39, 0.29) is 10.8 Å². The van der Waals surface area contributed by atoms with Crippen LogP contribution in [0.4, 0.5) is 0 Å². The molecule has 0 aliphatic heterocycles. The van der Waals surface area contributed by atoms with E-state index >= 15 is 0 Å². The van der Waals surface area contributed by atoms with Crippen LogP contribution in [0.25, 0.3) is 33.4 Å². The summed E-state index contributed by atoms with van der Waals surface area (Å²) in [5.41, 5.74) is 13.5. The van der Waals surface area contributed by atoms with Crippen molar-refractivity contribution in [2.45, 2.75) is 78.1 Å². The minimum absolute atomic E-state index is 0.0380. The van der Waals surface area contributed by atoms with Crippen LogP contribution in [0.3, 0.4) is 0 Å². The van der Waals surface area contributed by atoms with E-state index in [0.29, 0.717) is 0 Å². The van der Waals surface area contributed by atoms with Gasteiger partial charge in [0.2, 0.25) is 0 Å². The second kappa shape index (κ2) is 12.8. The Hall–Kier alpha value is -2.89. The number of allylic oxidation sites excluding steroid dienone is 4. The normalized spacial score (nSPS) is 14.4. The first-order chi connectivity index (χ1) is 20.0. The van der Waals surface area contributed by atoms with E-state index in [1.165, 1.54) is 68.5 Å². The van der Waals surface area contributed by atoms with Crippen molar-refractivity contribution in [1.29, 1.82) is 0 Å². The molecule has 0 aromatic heterocycles. The summed E-state index contributed by atoms with van der Waals surface area (Å²) in [7, 11) is 0. The summed E-state index contributed by atoms with van der Waals surface area (Å²) >= 11 is 1.66. The molecule has 4 aromatic rings. The first-order valence-corrected chi connectivity index (χ1v) is 16.4. The Morgan fingerprint density at radius 3 is 1.71 bits per heavy atom. The van der Waals surface area contributed by atoms with Crippen LogP contribution in [-0.2, 0) is 41.5 Å². The van der Waals surface area contributed by atoms with E-state index in [1.54, 1.807) is 27.4 Å². The molecular weight excluding hydrogens is 584 g/mol. The summed E-state index contributed by atoms with van der Waals surface area (Å²) in [6.45, 7) is 13.9. The van der Waals surface area contributed by atoms with Crippen molar-refractivity contribution in [2.75, 3.05) is 0 Å². The maximum absolute atomic E-state index is 3.88. The van der Waals surface area contributed by atoms with Crippen molar-refractivity contribution in [3.05, 3.63) is 131 Å². The maximum atomic E-state index is 3.88. The SMILES string of the molecule is CC(C)(C)c1cc2c([c-]c1-c1ccccc1)Cc1cc(-c3ccccc3)c(C(C)(C)C)cc1-2.[C-]1=CC=CC1.[Zr+2]=[C]1CC1. The van der Waals surface area contributed by atoms with Gasteiger partial charge in [-0.2, -0.15) is 6.08 Å². The van der Waals surface area contributed by atoms with Gasteiger partial charge in [0, 0.05) is 0 Å². The molecule has 1 heteroatoms. The van der Waals surface area contributed by atoms with E-state index in [2.05, 4.69) is 139 Å². The molecule has 210 valence electrons. The standard InChI is InChI=1S/C33H33.C5H5.C3H4.Zr/c1-32(2,3)30-20-26-24(18-28(30)22-13-9-7-10-14-22)17-25-19-29(23-15-11-8-12-16-23)31(21-27(25)26)33(4,5)6;1-2-4-5-3-1;1-2-3-1;/h7-16,18,20-21H,17H2,1-6H3;1-3H,4H2;1-2H2;/q2*-1;;+2. The topological polar surface area (TPSA) is 0 Å². The molecule has 42 heavy (non-hydrogen) atoms. The van der Waals surface area contributed by atoms with Crippen molar-refractivity contribution in [3.63, 3.8) is 0 Å². The van der Waals surface area contributed by atoms with Gasteiger partial charge >= 0.3 is 40.3 Å². The van der Waals surface area contributed by atoms with Crippen LogP contribution in [0.2, 0.25) is 0 Å². The van der Waals surface area contributed by atoms with Gasteiger partial charge in [0.1, 0.15) is 0 Å². The molecule has 4 aromatic carbocycles. The zero-order chi connectivity index (χ0) is 29.9. The molecule has 0 heterocycles. The van der Waals surface area contributed by atoms with Crippen LogP contribution in [0.5, 0.6) is 0 Å². The van der Waals surface area contributed by atoms with Crippen LogP contribution in [-0.4, -0.2) is 3.21 Å².